The predicted octanol–water partition coefficient (Wildman–Crippen LogP) is 1.92. The molecule has 1 rings (SSSR count). The highest BCUT2D eigenvalue weighted by Crippen LogP contribution is 2.33. The summed E-state index contributed by atoms with van der Waals surface area (Å²) in [5, 5.41) is 22.2. The molecule has 0 aromatic heterocycles. The third-order valence-corrected chi connectivity index (χ3v) is 2.63. The number of phenolic OH excluding ortho intramolecular Hbond substituents is 1. The van der Waals surface area contributed by atoms with Crippen LogP contribution in [0.1, 0.15) is 18.4 Å². The second kappa shape index (κ2) is 7.37. The number of hydrogen-bond donors (Lipinski definition) is 3. The average Bonchev–Trinajstić information content (AvgIpc) is 2.32. The largest absolute Gasteiger partial charge is 0.504 e. The molecule has 0 heterocycles. The Kier molecular flexibility index (Phi) is 6.11. The summed E-state index contributed by atoms with van der Waals surface area (Å²) < 4.78 is 5.02. The summed E-state index contributed by atoms with van der Waals surface area (Å²) in [6.07, 6.45) is 1.67. The fraction of sp³-hybridized carbons (Fsp3) is 0.500. The Morgan fingerprint density at radius 3 is 2.76 bits per heavy atom. The molecule has 1 aromatic carbocycles. The smallest absolute Gasteiger partial charge is 0.162 e. The zero-order chi connectivity index (χ0) is 12.7. The molecule has 0 unspecified atom stereocenters. The fourth-order valence-corrected chi connectivity index (χ4v) is 1.73. The van der Waals surface area contributed by atoms with E-state index >= 15 is 0 Å². The second-order valence-electron chi connectivity index (χ2n) is 3.72. The van der Waals surface area contributed by atoms with E-state index in [-0.39, 0.29) is 12.4 Å². The molecule has 17 heavy (non-hydrogen) atoms. The maximum atomic E-state index is 9.85. The van der Waals surface area contributed by atoms with Gasteiger partial charge in [0.25, 0.3) is 0 Å². The van der Waals surface area contributed by atoms with Crippen LogP contribution in [0.25, 0.3) is 0 Å². The van der Waals surface area contributed by atoms with Gasteiger partial charge in [0, 0.05) is 29.8 Å². The van der Waals surface area contributed by atoms with Crippen molar-refractivity contribution in [2.45, 2.75) is 19.4 Å². The van der Waals surface area contributed by atoms with Gasteiger partial charge in [0.15, 0.2) is 11.5 Å². The zero-order valence-corrected chi connectivity index (χ0v) is 10.6. The van der Waals surface area contributed by atoms with Gasteiger partial charge in [0.2, 0.25) is 0 Å². The molecule has 0 saturated carbocycles. The number of phenols is 1. The summed E-state index contributed by atoms with van der Waals surface area (Å²) in [7, 11) is 1.49. The lowest BCUT2D eigenvalue weighted by Crippen LogP contribution is -2.15. The van der Waals surface area contributed by atoms with Crippen LogP contribution in [0.3, 0.4) is 0 Å². The van der Waals surface area contributed by atoms with Gasteiger partial charge in [-0.25, -0.2) is 0 Å². The predicted molar refractivity (Wildman–Crippen MR) is 67.7 cm³/mol. The number of halogens is 1. The standard InChI is InChI=1S/C12H18ClNO3/c1-17-11-7-10(13)6-9(12(11)16)8-14-4-2-3-5-15/h6-7,14-16H,2-5,8H2,1H3. The van der Waals surface area contributed by atoms with Gasteiger partial charge < -0.3 is 20.3 Å². The molecule has 0 atom stereocenters. The van der Waals surface area contributed by atoms with E-state index in [0.717, 1.165) is 19.4 Å². The molecule has 0 spiro atoms. The molecule has 0 radical (unpaired) electrons. The lowest BCUT2D eigenvalue weighted by atomic mass is 10.2. The quantitative estimate of drug-likeness (QED) is 0.655. The topological polar surface area (TPSA) is 61.7 Å². The molecular formula is C12H18ClNO3. The van der Waals surface area contributed by atoms with E-state index in [9.17, 15) is 5.11 Å². The lowest BCUT2D eigenvalue weighted by Gasteiger charge is -2.10. The molecule has 4 nitrogen and oxygen atoms in total. The van der Waals surface area contributed by atoms with Crippen molar-refractivity contribution in [2.24, 2.45) is 0 Å². The number of hydrogen-bond acceptors (Lipinski definition) is 4. The number of rotatable bonds is 7. The SMILES string of the molecule is COc1cc(Cl)cc(CNCCCCO)c1O. The first kappa shape index (κ1) is 14.1. The van der Waals surface area contributed by atoms with Crippen LogP contribution in [0.5, 0.6) is 11.5 Å². The maximum Gasteiger partial charge on any atom is 0.162 e. The minimum absolute atomic E-state index is 0.117. The lowest BCUT2D eigenvalue weighted by molar-refractivity contribution is 0.283. The highest BCUT2D eigenvalue weighted by atomic mass is 35.5. The number of aliphatic hydroxyl groups excluding tert-OH is 1. The number of ether oxygens (including phenoxy) is 1. The molecule has 0 aliphatic heterocycles. The van der Waals surface area contributed by atoms with Gasteiger partial charge in [-0.05, 0) is 25.5 Å². The van der Waals surface area contributed by atoms with Crippen molar-refractivity contribution in [2.75, 3.05) is 20.3 Å². The summed E-state index contributed by atoms with van der Waals surface area (Å²) in [5.41, 5.74) is 0.707. The second-order valence-corrected chi connectivity index (χ2v) is 4.16. The van der Waals surface area contributed by atoms with E-state index in [1.165, 1.54) is 7.11 Å². The molecule has 1 aromatic rings. The Hall–Kier alpha value is -0.970. The van der Waals surface area contributed by atoms with Crippen molar-refractivity contribution in [1.29, 1.82) is 0 Å². The van der Waals surface area contributed by atoms with Gasteiger partial charge in [-0.3, -0.25) is 0 Å². The van der Waals surface area contributed by atoms with E-state index in [1.54, 1.807) is 12.1 Å². The van der Waals surface area contributed by atoms with Crippen molar-refractivity contribution in [3.8, 4) is 11.5 Å². The first-order valence-corrected chi connectivity index (χ1v) is 5.93. The number of benzene rings is 1. The van der Waals surface area contributed by atoms with Crippen molar-refractivity contribution < 1.29 is 14.9 Å². The Bertz CT molecular complexity index is 358. The summed E-state index contributed by atoms with van der Waals surface area (Å²) >= 11 is 5.91. The third kappa shape index (κ3) is 4.42. The third-order valence-electron chi connectivity index (χ3n) is 2.42. The number of nitrogens with one attached hydrogen (secondary N) is 1. The van der Waals surface area contributed by atoms with E-state index in [1.807, 2.05) is 0 Å². The Balaban J connectivity index is 2.55. The number of methoxy groups -OCH3 is 1. The Labute approximate surface area is 106 Å². The van der Waals surface area contributed by atoms with Crippen LogP contribution in [0.4, 0.5) is 0 Å². The van der Waals surface area contributed by atoms with E-state index in [0.29, 0.717) is 22.9 Å². The van der Waals surface area contributed by atoms with Gasteiger partial charge >= 0.3 is 0 Å². The van der Waals surface area contributed by atoms with E-state index in [2.05, 4.69) is 5.32 Å². The van der Waals surface area contributed by atoms with Crippen LogP contribution >= 0.6 is 11.6 Å². The maximum absolute atomic E-state index is 9.85. The highest BCUT2D eigenvalue weighted by molar-refractivity contribution is 6.30. The molecule has 0 aliphatic rings. The van der Waals surface area contributed by atoms with Crippen molar-refractivity contribution >= 4 is 11.6 Å². The molecule has 0 amide bonds. The number of aliphatic hydroxyl groups is 1. The van der Waals surface area contributed by atoms with Crippen LogP contribution in [0.2, 0.25) is 5.02 Å². The van der Waals surface area contributed by atoms with Gasteiger partial charge in [0.05, 0.1) is 7.11 Å². The van der Waals surface area contributed by atoms with Crippen molar-refractivity contribution in [1.82, 2.24) is 5.32 Å². The van der Waals surface area contributed by atoms with Crippen LogP contribution in [-0.4, -0.2) is 30.5 Å². The van der Waals surface area contributed by atoms with E-state index in [4.69, 9.17) is 21.4 Å². The molecule has 0 bridgehead atoms. The minimum Gasteiger partial charge on any atom is -0.504 e. The van der Waals surface area contributed by atoms with Crippen LogP contribution in [0, 0.1) is 0 Å². The fourth-order valence-electron chi connectivity index (χ4n) is 1.50. The molecule has 0 aliphatic carbocycles. The average molecular weight is 260 g/mol. The van der Waals surface area contributed by atoms with E-state index < -0.39 is 0 Å². The first-order chi connectivity index (χ1) is 8.19. The molecular weight excluding hydrogens is 242 g/mol. The zero-order valence-electron chi connectivity index (χ0n) is 9.87. The van der Waals surface area contributed by atoms with Gasteiger partial charge in [-0.2, -0.15) is 0 Å². The monoisotopic (exact) mass is 259 g/mol. The van der Waals surface area contributed by atoms with Gasteiger partial charge in [-0.1, -0.05) is 11.6 Å². The normalized spacial score (nSPS) is 10.5. The first-order valence-electron chi connectivity index (χ1n) is 5.56. The number of unbranched alkanes of at least 4 members (excludes halogenated alkanes) is 1. The van der Waals surface area contributed by atoms with Crippen LogP contribution in [-0.2, 0) is 6.54 Å². The number of aromatic hydroxyl groups is 1. The van der Waals surface area contributed by atoms with Crippen LogP contribution in [0.15, 0.2) is 12.1 Å². The Morgan fingerprint density at radius 2 is 2.12 bits per heavy atom. The summed E-state index contributed by atoms with van der Waals surface area (Å²) in [5.74, 6) is 0.496. The van der Waals surface area contributed by atoms with Crippen molar-refractivity contribution in [3.05, 3.63) is 22.7 Å². The highest BCUT2D eigenvalue weighted by Gasteiger charge is 2.09. The summed E-state index contributed by atoms with van der Waals surface area (Å²) in [4.78, 5) is 0. The summed E-state index contributed by atoms with van der Waals surface area (Å²) in [6.45, 7) is 1.51. The molecule has 0 fully saturated rings. The summed E-state index contributed by atoms with van der Waals surface area (Å²) in [6, 6.07) is 3.28. The van der Waals surface area contributed by atoms with Crippen molar-refractivity contribution in [3.63, 3.8) is 0 Å². The minimum atomic E-state index is 0.117. The molecule has 5 heteroatoms. The van der Waals surface area contributed by atoms with Gasteiger partial charge in [0.1, 0.15) is 0 Å². The van der Waals surface area contributed by atoms with Crippen LogP contribution < -0.4 is 10.1 Å². The molecule has 0 saturated heterocycles. The molecule has 96 valence electrons. The Morgan fingerprint density at radius 1 is 1.35 bits per heavy atom. The van der Waals surface area contributed by atoms with Gasteiger partial charge in [-0.15, -0.1) is 0 Å². The molecule has 3 N–H and O–H groups in total.